The minimum Gasteiger partial charge on any atom is -0.462 e. The minimum atomic E-state index is -0.454. The van der Waals surface area contributed by atoms with Gasteiger partial charge in [-0.2, -0.15) is 4.39 Å². The molecule has 0 aliphatic carbocycles. The second-order valence-electron chi connectivity index (χ2n) is 1.95. The van der Waals surface area contributed by atoms with E-state index in [1.807, 2.05) is 22.6 Å². The molecular weight excluding hydrogens is 294 g/mol. The summed E-state index contributed by atoms with van der Waals surface area (Å²) >= 11 is 2.65. The Hall–Kier alpha value is -0.170. The van der Waals surface area contributed by atoms with Gasteiger partial charge in [0.15, 0.2) is 5.13 Å². The Balaban J connectivity index is 2.82. The van der Waals surface area contributed by atoms with Crippen LogP contribution in [0.2, 0.25) is 0 Å². The summed E-state index contributed by atoms with van der Waals surface area (Å²) in [6.07, 6.45) is 0. The molecule has 1 aromatic rings. The van der Waals surface area contributed by atoms with E-state index in [9.17, 15) is 9.18 Å². The lowest BCUT2D eigenvalue weighted by molar-refractivity contribution is 0.0532. The van der Waals surface area contributed by atoms with Gasteiger partial charge in [-0.05, 0) is 35.6 Å². The highest BCUT2D eigenvalue weighted by Gasteiger charge is 2.13. The van der Waals surface area contributed by atoms with Gasteiger partial charge < -0.3 is 4.74 Å². The number of halogens is 2. The van der Waals surface area contributed by atoms with Crippen molar-refractivity contribution in [3.8, 4) is 0 Å². The second kappa shape index (κ2) is 4.18. The molecule has 66 valence electrons. The van der Waals surface area contributed by atoms with Crippen LogP contribution in [0.15, 0.2) is 6.07 Å². The highest BCUT2D eigenvalue weighted by molar-refractivity contribution is 14.1. The first kappa shape index (κ1) is 9.91. The predicted octanol–water partition coefficient (Wildman–Crippen LogP) is 2.67. The van der Waals surface area contributed by atoms with E-state index in [1.165, 1.54) is 6.07 Å². The summed E-state index contributed by atoms with van der Waals surface area (Å²) < 4.78 is 17.9. The molecule has 0 aliphatic heterocycles. The standard InChI is InChI=1S/C7H6FIO2S/c1-2-11-7(10)5-3-4(9)6(8)12-5/h3H,2H2,1H3. The lowest BCUT2D eigenvalue weighted by Gasteiger charge is -1.95. The summed E-state index contributed by atoms with van der Waals surface area (Å²) in [6.45, 7) is 2.03. The summed E-state index contributed by atoms with van der Waals surface area (Å²) in [4.78, 5) is 11.3. The number of rotatable bonds is 2. The molecule has 0 fully saturated rings. The lowest BCUT2D eigenvalue weighted by atomic mass is 10.5. The summed E-state index contributed by atoms with van der Waals surface area (Å²) in [5.41, 5.74) is 0. The Morgan fingerprint density at radius 3 is 2.92 bits per heavy atom. The summed E-state index contributed by atoms with van der Waals surface area (Å²) in [5, 5.41) is -0.335. The van der Waals surface area contributed by atoms with E-state index in [4.69, 9.17) is 4.74 Å². The number of ether oxygens (including phenoxy) is 1. The first-order valence-corrected chi connectivity index (χ1v) is 5.16. The van der Waals surface area contributed by atoms with Crippen LogP contribution in [0, 0.1) is 8.70 Å². The summed E-state index contributed by atoms with van der Waals surface area (Å²) in [5.74, 6) is -0.454. The van der Waals surface area contributed by atoms with Gasteiger partial charge in [0.2, 0.25) is 0 Å². The molecule has 5 heteroatoms. The number of carbonyl (C=O) groups is 1. The SMILES string of the molecule is CCOC(=O)c1cc(I)c(F)s1. The first-order chi connectivity index (χ1) is 5.65. The van der Waals surface area contributed by atoms with Crippen LogP contribution < -0.4 is 0 Å². The van der Waals surface area contributed by atoms with Crippen LogP contribution in [0.3, 0.4) is 0 Å². The van der Waals surface area contributed by atoms with Gasteiger partial charge in [0.1, 0.15) is 4.88 Å². The maximum absolute atomic E-state index is 12.7. The van der Waals surface area contributed by atoms with Crippen LogP contribution >= 0.6 is 33.9 Å². The number of carbonyl (C=O) groups excluding carboxylic acids is 1. The number of hydrogen-bond acceptors (Lipinski definition) is 3. The van der Waals surface area contributed by atoms with Gasteiger partial charge in [-0.25, -0.2) is 4.79 Å². The van der Waals surface area contributed by atoms with Gasteiger partial charge in [0, 0.05) is 0 Å². The Morgan fingerprint density at radius 2 is 2.50 bits per heavy atom. The van der Waals surface area contributed by atoms with E-state index in [-0.39, 0.29) is 5.13 Å². The van der Waals surface area contributed by atoms with Gasteiger partial charge in [-0.15, -0.1) is 0 Å². The molecule has 0 aliphatic rings. The molecule has 2 nitrogen and oxygen atoms in total. The monoisotopic (exact) mass is 300 g/mol. The maximum Gasteiger partial charge on any atom is 0.348 e. The highest BCUT2D eigenvalue weighted by Crippen LogP contribution is 2.22. The van der Waals surface area contributed by atoms with Crippen LogP contribution in [-0.4, -0.2) is 12.6 Å². The Kier molecular flexibility index (Phi) is 3.45. The molecule has 1 rings (SSSR count). The number of thiophene rings is 1. The van der Waals surface area contributed by atoms with Crippen LogP contribution in [0.1, 0.15) is 16.6 Å². The van der Waals surface area contributed by atoms with Crippen molar-refractivity contribution in [2.24, 2.45) is 0 Å². The fourth-order valence-corrected chi connectivity index (χ4v) is 2.17. The molecule has 0 amide bonds. The quantitative estimate of drug-likeness (QED) is 0.620. The minimum absolute atomic E-state index is 0.314. The van der Waals surface area contributed by atoms with Crippen molar-refractivity contribution in [3.05, 3.63) is 19.6 Å². The summed E-state index contributed by atoms with van der Waals surface area (Å²) in [6, 6.07) is 1.48. The molecule has 0 saturated carbocycles. The third-order valence-corrected chi connectivity index (χ3v) is 3.18. The molecule has 0 aromatic carbocycles. The molecule has 0 bridgehead atoms. The van der Waals surface area contributed by atoms with Gasteiger partial charge in [-0.3, -0.25) is 0 Å². The van der Waals surface area contributed by atoms with Crippen LogP contribution in [0.4, 0.5) is 4.39 Å². The largest absolute Gasteiger partial charge is 0.462 e. The zero-order valence-corrected chi connectivity index (χ0v) is 9.24. The highest BCUT2D eigenvalue weighted by atomic mass is 127. The Labute approximate surface area is 86.9 Å². The zero-order chi connectivity index (χ0) is 9.14. The molecule has 0 saturated heterocycles. The molecule has 0 N–H and O–H groups in total. The normalized spacial score (nSPS) is 9.92. The molecule has 0 radical (unpaired) electrons. The average Bonchev–Trinajstić information content (AvgIpc) is 2.33. The molecule has 1 aromatic heterocycles. The zero-order valence-electron chi connectivity index (χ0n) is 6.27. The van der Waals surface area contributed by atoms with E-state index >= 15 is 0 Å². The molecule has 12 heavy (non-hydrogen) atoms. The second-order valence-corrected chi connectivity index (χ2v) is 4.12. The Morgan fingerprint density at radius 1 is 1.83 bits per heavy atom. The summed E-state index contributed by atoms with van der Waals surface area (Å²) in [7, 11) is 0. The number of hydrogen-bond donors (Lipinski definition) is 0. The smallest absolute Gasteiger partial charge is 0.348 e. The van der Waals surface area contributed by atoms with E-state index in [0.717, 1.165) is 11.3 Å². The topological polar surface area (TPSA) is 26.3 Å². The van der Waals surface area contributed by atoms with E-state index < -0.39 is 5.97 Å². The van der Waals surface area contributed by atoms with Crippen molar-refractivity contribution in [3.63, 3.8) is 0 Å². The van der Waals surface area contributed by atoms with E-state index in [1.54, 1.807) is 6.92 Å². The van der Waals surface area contributed by atoms with Gasteiger partial charge in [0.25, 0.3) is 0 Å². The Bertz CT molecular complexity index is 278. The van der Waals surface area contributed by atoms with Crippen molar-refractivity contribution in [2.75, 3.05) is 6.61 Å². The third-order valence-electron chi connectivity index (χ3n) is 1.12. The molecule has 0 atom stereocenters. The van der Waals surface area contributed by atoms with Gasteiger partial charge in [0.05, 0.1) is 10.2 Å². The first-order valence-electron chi connectivity index (χ1n) is 3.27. The third kappa shape index (κ3) is 2.16. The average molecular weight is 300 g/mol. The fourth-order valence-electron chi connectivity index (χ4n) is 0.649. The van der Waals surface area contributed by atoms with Gasteiger partial charge >= 0.3 is 5.97 Å². The van der Waals surface area contributed by atoms with Crippen LogP contribution in [-0.2, 0) is 4.74 Å². The van der Waals surface area contributed by atoms with Crippen molar-refractivity contribution in [1.82, 2.24) is 0 Å². The van der Waals surface area contributed by atoms with Crippen molar-refractivity contribution >= 4 is 39.9 Å². The van der Waals surface area contributed by atoms with Crippen molar-refractivity contribution in [2.45, 2.75) is 6.92 Å². The molecule has 0 unspecified atom stereocenters. The lowest BCUT2D eigenvalue weighted by Crippen LogP contribution is -2.01. The molecule has 0 spiro atoms. The van der Waals surface area contributed by atoms with Crippen molar-refractivity contribution < 1.29 is 13.9 Å². The number of esters is 1. The van der Waals surface area contributed by atoms with Gasteiger partial charge in [-0.1, -0.05) is 11.3 Å². The van der Waals surface area contributed by atoms with Crippen LogP contribution in [0.5, 0.6) is 0 Å². The van der Waals surface area contributed by atoms with E-state index in [2.05, 4.69) is 0 Å². The maximum atomic E-state index is 12.7. The molecular formula is C7H6FIO2S. The van der Waals surface area contributed by atoms with Crippen LogP contribution in [0.25, 0.3) is 0 Å². The predicted molar refractivity (Wildman–Crippen MR) is 53.0 cm³/mol. The van der Waals surface area contributed by atoms with E-state index in [0.29, 0.717) is 15.1 Å². The molecule has 1 heterocycles. The fraction of sp³-hybridized carbons (Fsp3) is 0.286. The van der Waals surface area contributed by atoms with Crippen molar-refractivity contribution in [1.29, 1.82) is 0 Å².